The third-order valence-electron chi connectivity index (χ3n) is 2.18. The fourth-order valence-electron chi connectivity index (χ4n) is 1.06. The fraction of sp³-hybridized carbons (Fsp3) is 0.800. The van der Waals surface area contributed by atoms with Crippen LogP contribution in [-0.4, -0.2) is 17.9 Å². The van der Waals surface area contributed by atoms with Gasteiger partial charge >= 0.3 is 6.18 Å². The van der Waals surface area contributed by atoms with Crippen LogP contribution in [0.3, 0.4) is 0 Å². The molecule has 1 unspecified atom stereocenters. The van der Waals surface area contributed by atoms with Gasteiger partial charge in [-0.1, -0.05) is 13.0 Å². The lowest BCUT2D eigenvalue weighted by atomic mass is 10.0. The van der Waals surface area contributed by atoms with Crippen LogP contribution in [-0.2, 0) is 0 Å². The summed E-state index contributed by atoms with van der Waals surface area (Å²) in [5.41, 5.74) is -0.534. The standard InChI is InChI=1S/C10H17F3O/c1-8(6-7-14)4-3-5-9(2)10(11,12)13/h5,8,14H,3-4,6-7H2,1-2H3/b9-5-. The minimum Gasteiger partial charge on any atom is -0.396 e. The molecule has 0 radical (unpaired) electrons. The summed E-state index contributed by atoms with van der Waals surface area (Å²) in [4.78, 5) is 0. The quantitative estimate of drug-likeness (QED) is 0.690. The van der Waals surface area contributed by atoms with Crippen molar-refractivity contribution in [2.75, 3.05) is 6.61 Å². The lowest BCUT2D eigenvalue weighted by Crippen LogP contribution is -2.08. The molecule has 0 heterocycles. The number of rotatable bonds is 5. The van der Waals surface area contributed by atoms with Gasteiger partial charge in [0.1, 0.15) is 0 Å². The summed E-state index contributed by atoms with van der Waals surface area (Å²) in [5.74, 6) is 0.275. The van der Waals surface area contributed by atoms with E-state index in [1.54, 1.807) is 0 Å². The van der Waals surface area contributed by atoms with E-state index in [0.717, 1.165) is 6.92 Å². The first-order chi connectivity index (χ1) is 6.38. The lowest BCUT2D eigenvalue weighted by molar-refractivity contribution is -0.0915. The molecule has 0 saturated carbocycles. The van der Waals surface area contributed by atoms with Gasteiger partial charge in [0, 0.05) is 12.2 Å². The Balaban J connectivity index is 3.82. The molecule has 0 bridgehead atoms. The maximum Gasteiger partial charge on any atom is 0.412 e. The molecule has 0 amide bonds. The molecule has 0 spiro atoms. The smallest absolute Gasteiger partial charge is 0.396 e. The second kappa shape index (κ2) is 6.06. The predicted molar refractivity (Wildman–Crippen MR) is 49.9 cm³/mol. The Morgan fingerprint density at radius 2 is 1.93 bits per heavy atom. The van der Waals surface area contributed by atoms with Crippen LogP contribution in [0.15, 0.2) is 11.6 Å². The van der Waals surface area contributed by atoms with Gasteiger partial charge in [0.05, 0.1) is 0 Å². The first-order valence-corrected chi connectivity index (χ1v) is 4.72. The highest BCUT2D eigenvalue weighted by molar-refractivity contribution is 5.04. The van der Waals surface area contributed by atoms with Crippen molar-refractivity contribution in [2.24, 2.45) is 5.92 Å². The second-order valence-electron chi connectivity index (χ2n) is 3.58. The molecule has 0 fully saturated rings. The van der Waals surface area contributed by atoms with Crippen LogP contribution in [0.2, 0.25) is 0 Å². The molecule has 1 atom stereocenters. The normalized spacial score (nSPS) is 15.7. The molecule has 0 rings (SSSR count). The monoisotopic (exact) mass is 210 g/mol. The van der Waals surface area contributed by atoms with Crippen molar-refractivity contribution >= 4 is 0 Å². The Labute approximate surface area is 82.6 Å². The van der Waals surface area contributed by atoms with E-state index in [1.165, 1.54) is 6.08 Å². The van der Waals surface area contributed by atoms with Gasteiger partial charge < -0.3 is 5.11 Å². The summed E-state index contributed by atoms with van der Waals surface area (Å²) in [6, 6.07) is 0. The van der Waals surface area contributed by atoms with Gasteiger partial charge in [0.15, 0.2) is 0 Å². The van der Waals surface area contributed by atoms with E-state index in [1.807, 2.05) is 6.92 Å². The SMILES string of the molecule is C/C(=C/CCC(C)CCO)C(F)(F)F. The molecule has 0 aromatic rings. The molecular weight excluding hydrogens is 193 g/mol. The molecule has 0 saturated heterocycles. The van der Waals surface area contributed by atoms with Crippen LogP contribution >= 0.6 is 0 Å². The highest BCUT2D eigenvalue weighted by Gasteiger charge is 2.29. The number of hydrogen-bond acceptors (Lipinski definition) is 1. The van der Waals surface area contributed by atoms with Gasteiger partial charge in [0.2, 0.25) is 0 Å². The van der Waals surface area contributed by atoms with E-state index in [4.69, 9.17) is 5.11 Å². The van der Waals surface area contributed by atoms with E-state index in [-0.39, 0.29) is 12.5 Å². The zero-order chi connectivity index (χ0) is 11.2. The molecule has 4 heteroatoms. The molecule has 14 heavy (non-hydrogen) atoms. The van der Waals surface area contributed by atoms with Crippen molar-refractivity contribution in [1.82, 2.24) is 0 Å². The maximum absolute atomic E-state index is 12.0. The highest BCUT2D eigenvalue weighted by atomic mass is 19.4. The van der Waals surface area contributed by atoms with Crippen molar-refractivity contribution in [3.05, 3.63) is 11.6 Å². The Hall–Kier alpha value is -0.510. The molecular formula is C10H17F3O. The number of allylic oxidation sites excluding steroid dienone is 2. The second-order valence-corrected chi connectivity index (χ2v) is 3.58. The van der Waals surface area contributed by atoms with Crippen LogP contribution in [0.25, 0.3) is 0 Å². The maximum atomic E-state index is 12.0. The van der Waals surface area contributed by atoms with E-state index in [2.05, 4.69) is 0 Å². The van der Waals surface area contributed by atoms with Crippen molar-refractivity contribution < 1.29 is 18.3 Å². The Morgan fingerprint density at radius 1 is 1.36 bits per heavy atom. The zero-order valence-corrected chi connectivity index (χ0v) is 8.56. The molecule has 0 aromatic heterocycles. The minimum absolute atomic E-state index is 0.100. The van der Waals surface area contributed by atoms with Crippen LogP contribution in [0.4, 0.5) is 13.2 Å². The minimum atomic E-state index is -4.19. The zero-order valence-electron chi connectivity index (χ0n) is 8.56. The summed E-state index contributed by atoms with van der Waals surface area (Å²) in [6.45, 7) is 3.10. The van der Waals surface area contributed by atoms with Crippen molar-refractivity contribution in [3.8, 4) is 0 Å². The van der Waals surface area contributed by atoms with Crippen LogP contribution in [0.5, 0.6) is 0 Å². The number of aliphatic hydroxyl groups is 1. The third-order valence-corrected chi connectivity index (χ3v) is 2.18. The van der Waals surface area contributed by atoms with Gasteiger partial charge in [-0.15, -0.1) is 0 Å². The number of aliphatic hydroxyl groups excluding tert-OH is 1. The van der Waals surface area contributed by atoms with E-state index < -0.39 is 11.7 Å². The summed E-state index contributed by atoms with van der Waals surface area (Å²) < 4.78 is 36.0. The van der Waals surface area contributed by atoms with Crippen molar-refractivity contribution in [2.45, 2.75) is 39.3 Å². The topological polar surface area (TPSA) is 20.2 Å². The number of hydrogen-bond donors (Lipinski definition) is 1. The molecule has 1 N–H and O–H groups in total. The van der Waals surface area contributed by atoms with Crippen LogP contribution < -0.4 is 0 Å². The number of halogens is 3. The summed E-state index contributed by atoms with van der Waals surface area (Å²) in [6.07, 6.45) is -1.21. The summed E-state index contributed by atoms with van der Waals surface area (Å²) in [5, 5.41) is 8.58. The average Bonchev–Trinajstić information content (AvgIpc) is 2.02. The van der Waals surface area contributed by atoms with E-state index in [0.29, 0.717) is 19.3 Å². The molecule has 0 aliphatic carbocycles. The predicted octanol–water partition coefficient (Wildman–Crippen LogP) is 3.29. The molecule has 0 aliphatic heterocycles. The van der Waals surface area contributed by atoms with E-state index in [9.17, 15) is 13.2 Å². The fourth-order valence-corrected chi connectivity index (χ4v) is 1.06. The van der Waals surface area contributed by atoms with Gasteiger partial charge in [0.25, 0.3) is 0 Å². The lowest BCUT2D eigenvalue weighted by Gasteiger charge is -2.09. The van der Waals surface area contributed by atoms with Crippen LogP contribution in [0, 0.1) is 5.92 Å². The first kappa shape index (κ1) is 13.5. The summed E-state index contributed by atoms with van der Waals surface area (Å²) in [7, 11) is 0. The molecule has 0 aromatic carbocycles. The summed E-state index contributed by atoms with van der Waals surface area (Å²) >= 11 is 0. The van der Waals surface area contributed by atoms with Crippen molar-refractivity contribution in [3.63, 3.8) is 0 Å². The highest BCUT2D eigenvalue weighted by Crippen LogP contribution is 2.25. The van der Waals surface area contributed by atoms with Gasteiger partial charge in [-0.05, 0) is 32.1 Å². The molecule has 84 valence electrons. The van der Waals surface area contributed by atoms with Gasteiger partial charge in [-0.25, -0.2) is 0 Å². The molecule has 1 nitrogen and oxygen atoms in total. The van der Waals surface area contributed by atoms with Crippen molar-refractivity contribution in [1.29, 1.82) is 0 Å². The van der Waals surface area contributed by atoms with Gasteiger partial charge in [-0.3, -0.25) is 0 Å². The Bertz CT molecular complexity index is 184. The third kappa shape index (κ3) is 6.02. The average molecular weight is 210 g/mol. The first-order valence-electron chi connectivity index (χ1n) is 4.72. The van der Waals surface area contributed by atoms with Gasteiger partial charge in [-0.2, -0.15) is 13.2 Å². The molecule has 0 aliphatic rings. The van der Waals surface area contributed by atoms with E-state index >= 15 is 0 Å². The largest absolute Gasteiger partial charge is 0.412 e. The Kier molecular flexibility index (Phi) is 5.84. The Morgan fingerprint density at radius 3 is 2.36 bits per heavy atom. The van der Waals surface area contributed by atoms with Crippen LogP contribution in [0.1, 0.15) is 33.1 Å². The number of alkyl halides is 3.